The lowest BCUT2D eigenvalue weighted by atomic mass is 9.97. The lowest BCUT2D eigenvalue weighted by Gasteiger charge is -2.19. The van der Waals surface area contributed by atoms with Gasteiger partial charge in [0.2, 0.25) is 0 Å². The Bertz CT molecular complexity index is 309. The second-order valence-corrected chi connectivity index (χ2v) is 5.58. The number of nitrogens with one attached hydrogen (secondary N) is 1. The first kappa shape index (κ1) is 13.0. The normalized spacial score (nSPS) is 11.6. The molecule has 0 aliphatic carbocycles. The van der Waals surface area contributed by atoms with Gasteiger partial charge in [0.25, 0.3) is 0 Å². The Morgan fingerprint density at radius 1 is 1.25 bits per heavy atom. The van der Waals surface area contributed by atoms with Gasteiger partial charge in [0.15, 0.2) is 0 Å². The molecule has 1 N–H and O–H groups in total. The molecule has 0 atom stereocenters. The summed E-state index contributed by atoms with van der Waals surface area (Å²) in [5, 5.41) is 3.44. The van der Waals surface area contributed by atoms with E-state index < -0.39 is 0 Å². The largest absolute Gasteiger partial charge is 0.363 e. The van der Waals surface area contributed by atoms with Crippen LogP contribution in [0, 0.1) is 5.41 Å². The molecule has 0 bridgehead atoms. The van der Waals surface area contributed by atoms with Crippen LogP contribution in [0.2, 0.25) is 0 Å². The fourth-order valence-corrected chi connectivity index (χ4v) is 1.37. The molecule has 3 nitrogen and oxygen atoms in total. The van der Waals surface area contributed by atoms with Crippen molar-refractivity contribution in [3.05, 3.63) is 23.9 Å². The summed E-state index contributed by atoms with van der Waals surface area (Å²) in [6.45, 7) is 8.59. The van der Waals surface area contributed by atoms with Crippen LogP contribution < -0.4 is 10.2 Å². The molecule has 0 aliphatic heterocycles. The molecule has 0 saturated heterocycles. The zero-order valence-corrected chi connectivity index (χ0v) is 11.0. The van der Waals surface area contributed by atoms with Crippen LogP contribution in [-0.4, -0.2) is 25.6 Å². The van der Waals surface area contributed by atoms with Gasteiger partial charge in [-0.3, -0.25) is 0 Å². The minimum Gasteiger partial charge on any atom is -0.363 e. The molecule has 0 aliphatic rings. The summed E-state index contributed by atoms with van der Waals surface area (Å²) in [6, 6.07) is 4.17. The van der Waals surface area contributed by atoms with Gasteiger partial charge in [-0.2, -0.15) is 0 Å². The molecule has 90 valence electrons. The van der Waals surface area contributed by atoms with Gasteiger partial charge in [-0.15, -0.1) is 0 Å². The zero-order chi connectivity index (χ0) is 12.2. The van der Waals surface area contributed by atoms with Crippen LogP contribution in [0.5, 0.6) is 0 Å². The summed E-state index contributed by atoms with van der Waals surface area (Å²) in [4.78, 5) is 6.39. The maximum atomic E-state index is 4.38. The molecule has 0 aromatic carbocycles. The van der Waals surface area contributed by atoms with Crippen molar-refractivity contribution in [2.75, 3.05) is 25.5 Å². The molecule has 0 fully saturated rings. The van der Waals surface area contributed by atoms with E-state index in [0.29, 0.717) is 5.41 Å². The number of anilines is 1. The van der Waals surface area contributed by atoms with Gasteiger partial charge >= 0.3 is 0 Å². The summed E-state index contributed by atoms with van der Waals surface area (Å²) in [5.41, 5.74) is 1.56. The van der Waals surface area contributed by atoms with Crippen LogP contribution in [0.25, 0.3) is 0 Å². The summed E-state index contributed by atoms with van der Waals surface area (Å²) in [6.07, 6.45) is 1.94. The minimum absolute atomic E-state index is 0.330. The highest BCUT2D eigenvalue weighted by atomic mass is 15.1. The van der Waals surface area contributed by atoms with Gasteiger partial charge in [0.05, 0.1) is 0 Å². The monoisotopic (exact) mass is 221 g/mol. The SMILES string of the molecule is CN(C)c1ccc(CNCC(C)(C)C)cn1. The average molecular weight is 221 g/mol. The Morgan fingerprint density at radius 3 is 2.38 bits per heavy atom. The quantitative estimate of drug-likeness (QED) is 0.845. The fourth-order valence-electron chi connectivity index (χ4n) is 1.37. The highest BCUT2D eigenvalue weighted by molar-refractivity contribution is 5.37. The van der Waals surface area contributed by atoms with E-state index >= 15 is 0 Å². The maximum Gasteiger partial charge on any atom is 0.127 e. The number of pyridine rings is 1. The number of rotatable bonds is 4. The first-order chi connectivity index (χ1) is 7.38. The lowest BCUT2D eigenvalue weighted by molar-refractivity contribution is 0.379. The van der Waals surface area contributed by atoms with E-state index in [9.17, 15) is 0 Å². The van der Waals surface area contributed by atoms with Crippen molar-refractivity contribution in [2.45, 2.75) is 27.3 Å². The van der Waals surface area contributed by atoms with E-state index in [1.165, 1.54) is 5.56 Å². The van der Waals surface area contributed by atoms with Gasteiger partial charge in [-0.25, -0.2) is 4.98 Å². The maximum absolute atomic E-state index is 4.38. The third-order valence-corrected chi connectivity index (χ3v) is 2.25. The van der Waals surface area contributed by atoms with Crippen molar-refractivity contribution >= 4 is 5.82 Å². The molecule has 0 spiro atoms. The molecule has 1 rings (SSSR count). The molecule has 1 aromatic rings. The van der Waals surface area contributed by atoms with E-state index in [2.05, 4.69) is 37.1 Å². The Morgan fingerprint density at radius 2 is 1.94 bits per heavy atom. The molecule has 1 heterocycles. The third kappa shape index (κ3) is 4.62. The molecule has 0 unspecified atom stereocenters. The zero-order valence-electron chi connectivity index (χ0n) is 11.0. The van der Waals surface area contributed by atoms with E-state index in [-0.39, 0.29) is 0 Å². The van der Waals surface area contributed by atoms with Crippen LogP contribution in [-0.2, 0) is 6.54 Å². The van der Waals surface area contributed by atoms with Gasteiger partial charge < -0.3 is 10.2 Å². The molecule has 1 aromatic heterocycles. The first-order valence-corrected chi connectivity index (χ1v) is 5.71. The Labute approximate surface area is 98.9 Å². The van der Waals surface area contributed by atoms with Crippen molar-refractivity contribution in [2.24, 2.45) is 5.41 Å². The molecule has 3 heteroatoms. The number of aromatic nitrogens is 1. The van der Waals surface area contributed by atoms with Crippen molar-refractivity contribution in [1.82, 2.24) is 10.3 Å². The third-order valence-electron chi connectivity index (χ3n) is 2.25. The summed E-state index contributed by atoms with van der Waals surface area (Å²) < 4.78 is 0. The fraction of sp³-hybridized carbons (Fsp3) is 0.615. The smallest absolute Gasteiger partial charge is 0.127 e. The topological polar surface area (TPSA) is 28.2 Å². The lowest BCUT2D eigenvalue weighted by Crippen LogP contribution is -2.26. The first-order valence-electron chi connectivity index (χ1n) is 5.71. The van der Waals surface area contributed by atoms with Crippen LogP contribution in [0.15, 0.2) is 18.3 Å². The standard InChI is InChI=1S/C13H23N3/c1-13(2,3)10-14-8-11-6-7-12(15-9-11)16(4)5/h6-7,9,14H,8,10H2,1-5H3. The highest BCUT2D eigenvalue weighted by Crippen LogP contribution is 2.11. The Balaban J connectivity index is 2.44. The predicted molar refractivity (Wildman–Crippen MR) is 69.7 cm³/mol. The van der Waals surface area contributed by atoms with Gasteiger partial charge in [0, 0.05) is 33.4 Å². The average Bonchev–Trinajstić information content (AvgIpc) is 2.16. The van der Waals surface area contributed by atoms with Crippen LogP contribution in [0.3, 0.4) is 0 Å². The van der Waals surface area contributed by atoms with Crippen molar-refractivity contribution < 1.29 is 0 Å². The second-order valence-electron chi connectivity index (χ2n) is 5.58. The molecule has 0 amide bonds. The summed E-state index contributed by atoms with van der Waals surface area (Å²) >= 11 is 0. The van der Waals surface area contributed by atoms with Crippen LogP contribution in [0.4, 0.5) is 5.82 Å². The highest BCUT2D eigenvalue weighted by Gasteiger charge is 2.08. The number of nitrogens with zero attached hydrogens (tertiary/aromatic N) is 2. The Kier molecular flexibility index (Phi) is 4.30. The van der Waals surface area contributed by atoms with Crippen LogP contribution in [0.1, 0.15) is 26.3 Å². The van der Waals surface area contributed by atoms with E-state index in [0.717, 1.165) is 18.9 Å². The van der Waals surface area contributed by atoms with Gasteiger partial charge in [-0.05, 0) is 17.0 Å². The van der Waals surface area contributed by atoms with Crippen LogP contribution >= 0.6 is 0 Å². The molecule has 0 saturated carbocycles. The van der Waals surface area contributed by atoms with E-state index in [4.69, 9.17) is 0 Å². The van der Waals surface area contributed by atoms with Crippen molar-refractivity contribution in [1.29, 1.82) is 0 Å². The Hall–Kier alpha value is -1.09. The number of hydrogen-bond acceptors (Lipinski definition) is 3. The summed E-state index contributed by atoms with van der Waals surface area (Å²) in [5.74, 6) is 1.000. The summed E-state index contributed by atoms with van der Waals surface area (Å²) in [7, 11) is 4.00. The number of hydrogen-bond donors (Lipinski definition) is 1. The van der Waals surface area contributed by atoms with E-state index in [1.807, 2.05) is 31.3 Å². The van der Waals surface area contributed by atoms with Gasteiger partial charge in [0.1, 0.15) is 5.82 Å². The van der Waals surface area contributed by atoms with Crippen molar-refractivity contribution in [3.63, 3.8) is 0 Å². The molecular weight excluding hydrogens is 198 g/mol. The second kappa shape index (κ2) is 5.30. The predicted octanol–water partition coefficient (Wildman–Crippen LogP) is 2.28. The van der Waals surface area contributed by atoms with Crippen molar-refractivity contribution in [3.8, 4) is 0 Å². The molecular formula is C13H23N3. The minimum atomic E-state index is 0.330. The molecule has 16 heavy (non-hydrogen) atoms. The van der Waals surface area contributed by atoms with Gasteiger partial charge in [-0.1, -0.05) is 26.8 Å². The van der Waals surface area contributed by atoms with E-state index in [1.54, 1.807) is 0 Å². The molecule has 0 radical (unpaired) electrons.